The van der Waals surface area contributed by atoms with Crippen molar-refractivity contribution in [2.45, 2.75) is 6.54 Å². The highest BCUT2D eigenvalue weighted by molar-refractivity contribution is 6.44. The van der Waals surface area contributed by atoms with Gasteiger partial charge in [0.1, 0.15) is 0 Å². The summed E-state index contributed by atoms with van der Waals surface area (Å²) in [5, 5.41) is 12.2. The topological polar surface area (TPSA) is 39.1 Å². The third kappa shape index (κ3) is 2.62. The Morgan fingerprint density at radius 1 is 0.588 bits per heavy atom. The highest BCUT2D eigenvalue weighted by Gasteiger charge is 2.25. The van der Waals surface area contributed by atoms with E-state index in [0.29, 0.717) is 28.3 Å². The molecular formula is C29H23IN2O2. The number of fused-ring (bicyclic) bond motifs is 4. The lowest BCUT2D eigenvalue weighted by Gasteiger charge is -2.23. The minimum absolute atomic E-state index is 0. The number of halogens is 1. The van der Waals surface area contributed by atoms with Gasteiger partial charge in [-0.25, -0.2) is 0 Å². The molecule has 4 nitrogen and oxygen atoms in total. The van der Waals surface area contributed by atoms with Crippen molar-refractivity contribution >= 4 is 64.6 Å². The molecule has 0 saturated heterocycles. The van der Waals surface area contributed by atoms with Gasteiger partial charge in [-0.3, -0.25) is 14.2 Å². The maximum Gasteiger partial charge on any atom is 0.262 e. The van der Waals surface area contributed by atoms with E-state index in [2.05, 4.69) is 69.7 Å². The van der Waals surface area contributed by atoms with Crippen LogP contribution in [-0.4, -0.2) is 36.7 Å². The lowest BCUT2D eigenvalue weighted by molar-refractivity contribution is -0.871. The number of rotatable bonds is 3. The number of nitrogens with zero attached hydrogens (tertiary/aromatic N) is 2. The summed E-state index contributed by atoms with van der Waals surface area (Å²) in [4.78, 5) is 27.4. The van der Waals surface area contributed by atoms with Crippen molar-refractivity contribution in [1.82, 2.24) is 4.57 Å². The fraction of sp³-hybridized carbons (Fsp3) is 0.172. The Morgan fingerprint density at radius 2 is 1.06 bits per heavy atom. The smallest absolute Gasteiger partial charge is 0.262 e. The zero-order valence-corrected chi connectivity index (χ0v) is 21.4. The summed E-state index contributed by atoms with van der Waals surface area (Å²) < 4.78 is 2.15. The van der Waals surface area contributed by atoms with Crippen LogP contribution < -0.4 is 35.1 Å². The van der Waals surface area contributed by atoms with Gasteiger partial charge in [-0.1, -0.05) is 60.7 Å². The highest BCUT2D eigenvalue weighted by Crippen LogP contribution is 2.46. The molecule has 6 aromatic carbocycles. The van der Waals surface area contributed by atoms with E-state index in [1.807, 2.05) is 12.1 Å². The SMILES string of the molecule is C[N+](C)(C)CCn1c(=O)c2c3ccc4cccc5c6cccc7ccc(c2c1=O)c(c76)c3c45.[I-]. The van der Waals surface area contributed by atoms with Gasteiger partial charge in [0.05, 0.1) is 45.0 Å². The molecule has 0 radical (unpaired) electrons. The third-order valence-corrected chi connectivity index (χ3v) is 7.33. The van der Waals surface area contributed by atoms with Crippen LogP contribution >= 0.6 is 0 Å². The number of hydrogen-bond donors (Lipinski definition) is 0. The Hall–Kier alpha value is -3.03. The van der Waals surface area contributed by atoms with Crippen LogP contribution in [0.4, 0.5) is 0 Å². The molecule has 5 heteroatoms. The van der Waals surface area contributed by atoms with Crippen molar-refractivity contribution in [3.05, 3.63) is 81.4 Å². The first-order valence-corrected chi connectivity index (χ1v) is 11.4. The van der Waals surface area contributed by atoms with E-state index in [4.69, 9.17) is 0 Å². The van der Waals surface area contributed by atoms with Crippen molar-refractivity contribution < 1.29 is 28.5 Å². The molecule has 0 fully saturated rings. The van der Waals surface area contributed by atoms with Gasteiger partial charge in [-0.05, 0) is 53.9 Å². The zero-order chi connectivity index (χ0) is 22.6. The van der Waals surface area contributed by atoms with E-state index in [0.717, 1.165) is 32.3 Å². The van der Waals surface area contributed by atoms with Crippen molar-refractivity contribution in [3.8, 4) is 0 Å². The van der Waals surface area contributed by atoms with Crippen LogP contribution in [0.3, 0.4) is 0 Å². The number of aromatic nitrogens is 1. The van der Waals surface area contributed by atoms with Gasteiger partial charge in [0.15, 0.2) is 0 Å². The van der Waals surface area contributed by atoms with Crippen molar-refractivity contribution in [2.24, 2.45) is 0 Å². The van der Waals surface area contributed by atoms with E-state index in [1.54, 1.807) is 0 Å². The van der Waals surface area contributed by atoms with Crippen molar-refractivity contribution in [1.29, 1.82) is 0 Å². The van der Waals surface area contributed by atoms with Crippen LogP contribution in [0, 0.1) is 0 Å². The molecule has 0 bridgehead atoms. The zero-order valence-electron chi connectivity index (χ0n) is 19.3. The number of hydrogen-bond acceptors (Lipinski definition) is 2. The van der Waals surface area contributed by atoms with Crippen molar-refractivity contribution in [2.75, 3.05) is 27.7 Å². The van der Waals surface area contributed by atoms with Gasteiger partial charge in [-0.15, -0.1) is 0 Å². The fourth-order valence-electron chi connectivity index (χ4n) is 5.82. The molecular weight excluding hydrogens is 535 g/mol. The summed E-state index contributed by atoms with van der Waals surface area (Å²) in [5.74, 6) is 0. The first-order chi connectivity index (χ1) is 15.8. The normalized spacial score (nSPS) is 12.8. The van der Waals surface area contributed by atoms with Gasteiger partial charge < -0.3 is 28.5 Å². The van der Waals surface area contributed by atoms with E-state index < -0.39 is 0 Å². The molecule has 0 N–H and O–H groups in total. The summed E-state index contributed by atoms with van der Waals surface area (Å²) in [6.45, 7) is 1.12. The summed E-state index contributed by atoms with van der Waals surface area (Å²) in [6, 6.07) is 21.1. The molecule has 34 heavy (non-hydrogen) atoms. The average molecular weight is 558 g/mol. The molecule has 1 aromatic heterocycles. The molecule has 0 saturated carbocycles. The van der Waals surface area contributed by atoms with Crippen LogP contribution in [-0.2, 0) is 6.54 Å². The molecule has 0 spiro atoms. The molecule has 1 heterocycles. The Kier molecular flexibility index (Phi) is 4.42. The monoisotopic (exact) mass is 558 g/mol. The first kappa shape index (κ1) is 21.5. The maximum absolute atomic E-state index is 13.7. The Morgan fingerprint density at radius 3 is 1.50 bits per heavy atom. The number of benzene rings is 6. The summed E-state index contributed by atoms with van der Waals surface area (Å²) in [7, 11) is 6.23. The van der Waals surface area contributed by atoms with Crippen LogP contribution in [0.5, 0.6) is 0 Å². The van der Waals surface area contributed by atoms with Crippen molar-refractivity contribution in [3.63, 3.8) is 0 Å². The second-order valence-electron chi connectivity index (χ2n) is 10.3. The fourth-order valence-corrected chi connectivity index (χ4v) is 5.82. The molecule has 0 aliphatic rings. The largest absolute Gasteiger partial charge is 1.00 e. The van der Waals surface area contributed by atoms with E-state index in [9.17, 15) is 9.59 Å². The van der Waals surface area contributed by atoms with Gasteiger partial charge in [0.2, 0.25) is 0 Å². The molecule has 0 amide bonds. The molecule has 168 valence electrons. The molecule has 7 rings (SSSR count). The third-order valence-electron chi connectivity index (χ3n) is 7.33. The molecule has 0 unspecified atom stereocenters. The second-order valence-corrected chi connectivity index (χ2v) is 10.3. The predicted molar refractivity (Wildman–Crippen MR) is 138 cm³/mol. The van der Waals surface area contributed by atoms with Crippen LogP contribution in [0.2, 0.25) is 0 Å². The average Bonchev–Trinajstić information content (AvgIpc) is 3.05. The maximum atomic E-state index is 13.7. The standard InChI is InChI=1S/C29H23N2O2.HI/c1-31(2,3)15-14-30-28(32)26-20-12-10-16-6-4-8-18-19-9-5-7-17-11-13-21(27(26)29(30)33)25(23(17)19)24(20)22(16)18;/h4-13H,14-15H2,1-3H3;1H/q+1;/p-1. The predicted octanol–water partition coefficient (Wildman–Crippen LogP) is 2.15. The molecule has 0 aliphatic carbocycles. The van der Waals surface area contributed by atoms with E-state index in [-0.39, 0.29) is 35.1 Å². The minimum Gasteiger partial charge on any atom is -1.00 e. The number of likely N-dealkylation sites (N-methyl/N-ethyl adjacent to an activating group) is 1. The Labute approximate surface area is 212 Å². The molecule has 0 aliphatic heterocycles. The molecule has 0 atom stereocenters. The lowest BCUT2D eigenvalue weighted by atomic mass is 9.84. The highest BCUT2D eigenvalue weighted by atomic mass is 127. The van der Waals surface area contributed by atoms with E-state index >= 15 is 0 Å². The van der Waals surface area contributed by atoms with Gasteiger partial charge >= 0.3 is 0 Å². The number of quaternary nitrogens is 1. The summed E-state index contributed by atoms with van der Waals surface area (Å²) >= 11 is 0. The first-order valence-electron chi connectivity index (χ1n) is 11.4. The van der Waals surface area contributed by atoms with Gasteiger partial charge in [0.25, 0.3) is 11.1 Å². The Bertz CT molecular complexity index is 1860. The van der Waals surface area contributed by atoms with Crippen LogP contribution in [0.15, 0.2) is 70.3 Å². The lowest BCUT2D eigenvalue weighted by Crippen LogP contribution is -3.00. The molecule has 7 aromatic rings. The van der Waals surface area contributed by atoms with Gasteiger partial charge in [0, 0.05) is 0 Å². The Balaban J connectivity index is 0.00000217. The van der Waals surface area contributed by atoms with E-state index in [1.165, 1.54) is 26.1 Å². The van der Waals surface area contributed by atoms with Crippen LogP contribution in [0.25, 0.3) is 64.6 Å². The minimum atomic E-state index is -0.166. The second kappa shape index (κ2) is 6.99. The summed E-state index contributed by atoms with van der Waals surface area (Å²) in [6.07, 6.45) is 0. The van der Waals surface area contributed by atoms with Gasteiger partial charge in [-0.2, -0.15) is 0 Å². The quantitative estimate of drug-likeness (QED) is 0.144. The summed E-state index contributed by atoms with van der Waals surface area (Å²) in [5.41, 5.74) is -0.331. The van der Waals surface area contributed by atoms with Crippen LogP contribution in [0.1, 0.15) is 0 Å².